The van der Waals surface area contributed by atoms with Gasteiger partial charge >= 0.3 is 6.09 Å². The average Bonchev–Trinajstić information content (AvgIpc) is 3.02. The van der Waals surface area contributed by atoms with Gasteiger partial charge in [0.1, 0.15) is 23.9 Å². The van der Waals surface area contributed by atoms with E-state index in [1.165, 1.54) is 4.90 Å². The quantitative estimate of drug-likeness (QED) is 0.161. The molecule has 1 aliphatic rings. The predicted molar refractivity (Wildman–Crippen MR) is 162 cm³/mol. The number of benzene rings is 3. The van der Waals surface area contributed by atoms with Gasteiger partial charge in [0.2, 0.25) is 0 Å². The number of carboxylic acid groups (broad SMARTS) is 1. The van der Waals surface area contributed by atoms with E-state index in [4.69, 9.17) is 23.7 Å². The molecule has 1 heterocycles. The van der Waals surface area contributed by atoms with Crippen molar-refractivity contribution < 1.29 is 33.6 Å². The van der Waals surface area contributed by atoms with Gasteiger partial charge in [-0.1, -0.05) is 55.1 Å². The molecule has 0 spiro atoms. The second-order valence-electron chi connectivity index (χ2n) is 10.3. The number of hydrogen-bond donors (Lipinski definition) is 1. The molecule has 8 heteroatoms. The van der Waals surface area contributed by atoms with Crippen LogP contribution in [-0.2, 0) is 22.7 Å². The van der Waals surface area contributed by atoms with E-state index in [9.17, 15) is 9.90 Å². The van der Waals surface area contributed by atoms with Gasteiger partial charge in [0.15, 0.2) is 0 Å². The molecule has 0 aromatic heterocycles. The van der Waals surface area contributed by atoms with Crippen LogP contribution in [0.15, 0.2) is 79.4 Å². The third-order valence-corrected chi connectivity index (χ3v) is 7.36. The van der Waals surface area contributed by atoms with E-state index in [-0.39, 0.29) is 12.0 Å². The van der Waals surface area contributed by atoms with Gasteiger partial charge in [-0.15, -0.1) is 0 Å². The molecular weight excluding hydrogens is 534 g/mol. The van der Waals surface area contributed by atoms with E-state index >= 15 is 0 Å². The fourth-order valence-corrected chi connectivity index (χ4v) is 5.05. The number of hydrogen-bond acceptors (Lipinski definition) is 6. The molecular formula is C34H41NO7. The van der Waals surface area contributed by atoms with Crippen molar-refractivity contribution in [3.63, 3.8) is 0 Å². The van der Waals surface area contributed by atoms with Gasteiger partial charge < -0.3 is 33.7 Å². The fraction of sp³-hybridized carbons (Fsp3) is 0.382. The third kappa shape index (κ3) is 8.74. The Labute approximate surface area is 248 Å². The Morgan fingerprint density at radius 1 is 1.02 bits per heavy atom. The summed E-state index contributed by atoms with van der Waals surface area (Å²) in [5.41, 5.74) is 4.14. The number of piperidine rings is 1. The second kappa shape index (κ2) is 15.8. The van der Waals surface area contributed by atoms with Crippen LogP contribution in [0.3, 0.4) is 0 Å². The van der Waals surface area contributed by atoms with Crippen molar-refractivity contribution in [2.24, 2.45) is 0 Å². The van der Waals surface area contributed by atoms with E-state index in [1.54, 1.807) is 13.2 Å². The van der Waals surface area contributed by atoms with E-state index < -0.39 is 6.09 Å². The first kappa shape index (κ1) is 30.9. The molecule has 2 atom stereocenters. The minimum atomic E-state index is -0.923. The highest BCUT2D eigenvalue weighted by atomic mass is 16.5. The molecule has 0 saturated carbocycles. The lowest BCUT2D eigenvalue weighted by molar-refractivity contribution is -0.0200. The molecule has 1 N–H and O–H groups in total. The Bertz CT molecular complexity index is 1290. The molecule has 42 heavy (non-hydrogen) atoms. The van der Waals surface area contributed by atoms with Gasteiger partial charge in [-0.25, -0.2) is 4.79 Å². The fourth-order valence-electron chi connectivity index (χ4n) is 5.05. The van der Waals surface area contributed by atoms with Crippen LogP contribution in [-0.4, -0.2) is 62.2 Å². The standard InChI is InChI=1S/C34H41NO7/c1-4-18-41-32-21-26(11-10-25(32)2)23-42-33-22-35(34(36)37)17-16-30(33)27-12-14-29(15-13-27)40-20-7-19-39-24-28-8-5-6-9-31(28)38-3/h4-6,8-15,21,30,33H,1,7,16-20,22-24H2,2-3H3,(H,36,37). The lowest BCUT2D eigenvalue weighted by Crippen LogP contribution is -2.46. The molecule has 1 saturated heterocycles. The molecule has 224 valence electrons. The average molecular weight is 576 g/mol. The SMILES string of the molecule is C=CCOc1cc(COC2CN(C(=O)O)CCC2c2ccc(OCCCOCc3ccccc3OC)cc2)ccc1C. The summed E-state index contributed by atoms with van der Waals surface area (Å²) < 4.78 is 29.2. The minimum absolute atomic E-state index is 0.0694. The summed E-state index contributed by atoms with van der Waals surface area (Å²) in [7, 11) is 1.66. The van der Waals surface area contributed by atoms with Crippen molar-refractivity contribution in [3.8, 4) is 17.2 Å². The van der Waals surface area contributed by atoms with Crippen molar-refractivity contribution in [3.05, 3.63) is 102 Å². The molecule has 8 nitrogen and oxygen atoms in total. The van der Waals surface area contributed by atoms with Gasteiger partial charge in [0.05, 0.1) is 46.2 Å². The first-order valence-corrected chi connectivity index (χ1v) is 14.3. The lowest BCUT2D eigenvalue weighted by Gasteiger charge is -2.37. The van der Waals surface area contributed by atoms with Crippen LogP contribution >= 0.6 is 0 Å². The number of carbonyl (C=O) groups is 1. The van der Waals surface area contributed by atoms with Gasteiger partial charge in [-0.05, 0) is 54.3 Å². The molecule has 3 aromatic rings. The monoisotopic (exact) mass is 575 g/mol. The van der Waals surface area contributed by atoms with Crippen molar-refractivity contribution in [1.29, 1.82) is 0 Å². The van der Waals surface area contributed by atoms with E-state index in [0.29, 0.717) is 52.5 Å². The molecule has 1 amide bonds. The van der Waals surface area contributed by atoms with Crippen molar-refractivity contribution in [2.75, 3.05) is 40.0 Å². The van der Waals surface area contributed by atoms with Crippen molar-refractivity contribution in [1.82, 2.24) is 4.90 Å². The summed E-state index contributed by atoms with van der Waals surface area (Å²) in [6, 6.07) is 21.9. The topological polar surface area (TPSA) is 86.7 Å². The van der Waals surface area contributed by atoms with Crippen LogP contribution in [0.4, 0.5) is 4.79 Å². The molecule has 3 aromatic carbocycles. The Morgan fingerprint density at radius 3 is 2.60 bits per heavy atom. The Hall–Kier alpha value is -4.01. The number of amides is 1. The molecule has 1 fully saturated rings. The van der Waals surface area contributed by atoms with E-state index in [1.807, 2.05) is 61.5 Å². The number of ether oxygens (including phenoxy) is 5. The number of nitrogens with zero attached hydrogens (tertiary/aromatic N) is 1. The molecule has 0 bridgehead atoms. The van der Waals surface area contributed by atoms with Crippen LogP contribution in [0.1, 0.15) is 41.0 Å². The van der Waals surface area contributed by atoms with Gasteiger partial charge in [0.25, 0.3) is 0 Å². The first-order chi connectivity index (χ1) is 20.5. The predicted octanol–water partition coefficient (Wildman–Crippen LogP) is 6.61. The van der Waals surface area contributed by atoms with E-state index in [0.717, 1.165) is 45.9 Å². The van der Waals surface area contributed by atoms with Crippen molar-refractivity contribution in [2.45, 2.75) is 45.0 Å². The van der Waals surface area contributed by atoms with Gasteiger partial charge in [-0.2, -0.15) is 0 Å². The number of aryl methyl sites for hydroxylation is 1. The summed E-state index contributed by atoms with van der Waals surface area (Å²) >= 11 is 0. The Kier molecular flexibility index (Phi) is 11.7. The normalized spacial score (nSPS) is 16.6. The smallest absolute Gasteiger partial charge is 0.407 e. The molecule has 0 aliphatic carbocycles. The highest BCUT2D eigenvalue weighted by molar-refractivity contribution is 5.65. The number of rotatable bonds is 15. The van der Waals surface area contributed by atoms with Crippen LogP contribution in [0.25, 0.3) is 0 Å². The second-order valence-corrected chi connectivity index (χ2v) is 10.3. The molecule has 2 unspecified atom stereocenters. The summed E-state index contributed by atoms with van der Waals surface area (Å²) in [6.45, 7) is 8.91. The zero-order valence-corrected chi connectivity index (χ0v) is 24.5. The van der Waals surface area contributed by atoms with Crippen LogP contribution < -0.4 is 14.2 Å². The van der Waals surface area contributed by atoms with Crippen LogP contribution in [0.5, 0.6) is 17.2 Å². The largest absolute Gasteiger partial charge is 0.496 e. The summed E-state index contributed by atoms with van der Waals surface area (Å²) in [4.78, 5) is 13.2. The Balaban J connectivity index is 1.29. The van der Waals surface area contributed by atoms with Crippen molar-refractivity contribution >= 4 is 6.09 Å². The molecule has 0 radical (unpaired) electrons. The van der Waals surface area contributed by atoms with Gasteiger partial charge in [-0.3, -0.25) is 0 Å². The summed E-state index contributed by atoms with van der Waals surface area (Å²) in [6.07, 6.45) is 1.96. The third-order valence-electron chi connectivity index (χ3n) is 7.36. The maximum atomic E-state index is 11.7. The van der Waals surface area contributed by atoms with Gasteiger partial charge in [0, 0.05) is 24.4 Å². The number of likely N-dealkylation sites (tertiary alicyclic amines) is 1. The maximum Gasteiger partial charge on any atom is 0.407 e. The first-order valence-electron chi connectivity index (χ1n) is 14.3. The zero-order chi connectivity index (χ0) is 29.7. The minimum Gasteiger partial charge on any atom is -0.496 e. The Morgan fingerprint density at radius 2 is 1.83 bits per heavy atom. The lowest BCUT2D eigenvalue weighted by atomic mass is 9.87. The number of methoxy groups -OCH3 is 1. The highest BCUT2D eigenvalue weighted by Crippen LogP contribution is 2.32. The molecule has 4 rings (SSSR count). The maximum absolute atomic E-state index is 11.7. The van der Waals surface area contributed by atoms with Crippen LogP contribution in [0.2, 0.25) is 0 Å². The highest BCUT2D eigenvalue weighted by Gasteiger charge is 2.33. The molecule has 1 aliphatic heterocycles. The summed E-state index contributed by atoms with van der Waals surface area (Å²) in [5, 5.41) is 9.62. The van der Waals surface area contributed by atoms with E-state index in [2.05, 4.69) is 18.7 Å². The number of para-hydroxylation sites is 1. The summed E-state index contributed by atoms with van der Waals surface area (Å²) in [5.74, 6) is 2.48. The zero-order valence-electron chi connectivity index (χ0n) is 24.5. The van der Waals surface area contributed by atoms with Crippen LogP contribution in [0, 0.1) is 6.92 Å².